The number of nitrogens with zero attached hydrogens (tertiary/aromatic N) is 1. The van der Waals surface area contributed by atoms with E-state index in [1.807, 2.05) is 68.4 Å². The van der Waals surface area contributed by atoms with Crippen molar-refractivity contribution in [3.05, 3.63) is 65.7 Å². The summed E-state index contributed by atoms with van der Waals surface area (Å²) in [7, 11) is 0.394. The standard InChI is InChI=1S/C18H24N2O2S/c1-4-15-10-12-17(13-11-15)23(21,22)19-14-18(20(2)3)16-8-6-5-7-9-16/h5-13,18-19H,4,14H2,1-3H3. The summed E-state index contributed by atoms with van der Waals surface area (Å²) >= 11 is 0. The highest BCUT2D eigenvalue weighted by molar-refractivity contribution is 7.89. The van der Waals surface area contributed by atoms with Gasteiger partial charge in [0.15, 0.2) is 0 Å². The first-order valence-electron chi connectivity index (χ1n) is 7.74. The molecule has 5 heteroatoms. The van der Waals surface area contributed by atoms with Crippen molar-refractivity contribution in [1.29, 1.82) is 0 Å². The van der Waals surface area contributed by atoms with Crippen LogP contribution in [0.1, 0.15) is 24.1 Å². The summed E-state index contributed by atoms with van der Waals surface area (Å²) in [4.78, 5) is 2.32. The summed E-state index contributed by atoms with van der Waals surface area (Å²) in [5.41, 5.74) is 2.21. The van der Waals surface area contributed by atoms with Crippen LogP contribution in [0.15, 0.2) is 59.5 Å². The normalized spacial score (nSPS) is 13.2. The average molecular weight is 332 g/mol. The predicted molar refractivity (Wildman–Crippen MR) is 93.9 cm³/mol. The molecule has 0 amide bonds. The van der Waals surface area contributed by atoms with Gasteiger partial charge in [-0.05, 0) is 43.8 Å². The monoisotopic (exact) mass is 332 g/mol. The maximum absolute atomic E-state index is 12.5. The lowest BCUT2D eigenvalue weighted by molar-refractivity contribution is 0.299. The molecule has 2 rings (SSSR count). The second-order valence-corrected chi connectivity index (χ2v) is 7.51. The minimum absolute atomic E-state index is 0.0131. The molecule has 0 aliphatic carbocycles. The molecule has 0 aromatic heterocycles. The third-order valence-electron chi connectivity index (χ3n) is 3.92. The molecule has 124 valence electrons. The molecule has 0 radical (unpaired) electrons. The molecule has 0 heterocycles. The highest BCUT2D eigenvalue weighted by Crippen LogP contribution is 2.18. The zero-order chi connectivity index (χ0) is 16.9. The van der Waals surface area contributed by atoms with E-state index in [0.717, 1.165) is 17.5 Å². The van der Waals surface area contributed by atoms with E-state index in [0.29, 0.717) is 11.4 Å². The van der Waals surface area contributed by atoms with Crippen molar-refractivity contribution < 1.29 is 8.42 Å². The molecule has 0 aliphatic heterocycles. The molecule has 0 saturated heterocycles. The van der Waals surface area contributed by atoms with Gasteiger partial charge in [0.25, 0.3) is 0 Å². The highest BCUT2D eigenvalue weighted by Gasteiger charge is 2.19. The van der Waals surface area contributed by atoms with Crippen molar-refractivity contribution in [3.63, 3.8) is 0 Å². The van der Waals surface area contributed by atoms with Gasteiger partial charge < -0.3 is 4.90 Å². The number of hydrogen-bond donors (Lipinski definition) is 1. The largest absolute Gasteiger partial charge is 0.301 e. The summed E-state index contributed by atoms with van der Waals surface area (Å²) in [5, 5.41) is 0. The number of sulfonamides is 1. The van der Waals surface area contributed by atoms with Crippen LogP contribution in [0, 0.1) is 0 Å². The van der Waals surface area contributed by atoms with E-state index in [-0.39, 0.29) is 6.04 Å². The first-order chi connectivity index (χ1) is 10.9. The van der Waals surface area contributed by atoms with Gasteiger partial charge in [0.05, 0.1) is 4.90 Å². The Morgan fingerprint density at radius 1 is 1.00 bits per heavy atom. The molecular formula is C18H24N2O2S. The summed E-state index contributed by atoms with van der Waals surface area (Å²) in [5.74, 6) is 0. The molecule has 2 aromatic rings. The highest BCUT2D eigenvalue weighted by atomic mass is 32.2. The van der Waals surface area contributed by atoms with E-state index < -0.39 is 10.0 Å². The van der Waals surface area contributed by atoms with Crippen LogP contribution in [0.5, 0.6) is 0 Å². The lowest BCUT2D eigenvalue weighted by atomic mass is 10.1. The fourth-order valence-corrected chi connectivity index (χ4v) is 3.49. The Bertz CT molecular complexity index is 710. The van der Waals surface area contributed by atoms with Gasteiger partial charge in [0.1, 0.15) is 0 Å². The van der Waals surface area contributed by atoms with Crippen molar-refractivity contribution in [3.8, 4) is 0 Å². The molecule has 23 heavy (non-hydrogen) atoms. The van der Waals surface area contributed by atoms with Crippen molar-refractivity contribution in [2.75, 3.05) is 20.6 Å². The van der Waals surface area contributed by atoms with Gasteiger partial charge in [-0.3, -0.25) is 0 Å². The Labute approximate surface area is 139 Å². The Morgan fingerprint density at radius 2 is 1.61 bits per heavy atom. The lowest BCUT2D eigenvalue weighted by Gasteiger charge is -2.25. The van der Waals surface area contributed by atoms with Crippen LogP contribution in [0.4, 0.5) is 0 Å². The molecule has 0 aliphatic rings. The molecule has 0 spiro atoms. The SMILES string of the molecule is CCc1ccc(S(=O)(=O)NCC(c2ccccc2)N(C)C)cc1. The second-order valence-electron chi connectivity index (χ2n) is 5.74. The van der Waals surface area contributed by atoms with Gasteiger partial charge in [0, 0.05) is 12.6 Å². The van der Waals surface area contributed by atoms with Crippen molar-refractivity contribution in [2.45, 2.75) is 24.3 Å². The van der Waals surface area contributed by atoms with Gasteiger partial charge in [-0.25, -0.2) is 13.1 Å². The third kappa shape index (κ3) is 4.64. The number of benzene rings is 2. The Morgan fingerprint density at radius 3 is 2.13 bits per heavy atom. The number of hydrogen-bond acceptors (Lipinski definition) is 3. The minimum atomic E-state index is -3.50. The van der Waals surface area contributed by atoms with Gasteiger partial charge in [0.2, 0.25) is 10.0 Å². The maximum atomic E-state index is 12.5. The van der Waals surface area contributed by atoms with Gasteiger partial charge in [-0.1, -0.05) is 49.4 Å². The van der Waals surface area contributed by atoms with Gasteiger partial charge >= 0.3 is 0 Å². The summed E-state index contributed by atoms with van der Waals surface area (Å²) in [6.45, 7) is 2.37. The molecular weight excluding hydrogens is 308 g/mol. The molecule has 4 nitrogen and oxygen atoms in total. The molecule has 0 bridgehead atoms. The molecule has 1 atom stereocenters. The number of rotatable bonds is 7. The molecule has 1 unspecified atom stereocenters. The zero-order valence-corrected chi connectivity index (χ0v) is 14.7. The fourth-order valence-electron chi connectivity index (χ4n) is 2.45. The van der Waals surface area contributed by atoms with Crippen LogP contribution in [-0.2, 0) is 16.4 Å². The summed E-state index contributed by atoms with van der Waals surface area (Å²) in [6.07, 6.45) is 0.893. The Kier molecular flexibility index (Phi) is 5.93. The topological polar surface area (TPSA) is 49.4 Å². The van der Waals surface area contributed by atoms with E-state index in [9.17, 15) is 8.42 Å². The van der Waals surface area contributed by atoms with E-state index in [1.165, 1.54) is 0 Å². The quantitative estimate of drug-likeness (QED) is 0.848. The molecule has 0 saturated carbocycles. The third-order valence-corrected chi connectivity index (χ3v) is 5.36. The smallest absolute Gasteiger partial charge is 0.240 e. The first kappa shape index (κ1) is 17.7. The predicted octanol–water partition coefficient (Wildman–Crippen LogP) is 2.83. The Hall–Kier alpha value is -1.69. The summed E-state index contributed by atoms with van der Waals surface area (Å²) in [6, 6.07) is 16.9. The number of aryl methyl sites for hydroxylation is 1. The van der Waals surface area contributed by atoms with Crippen LogP contribution in [-0.4, -0.2) is 34.0 Å². The zero-order valence-electron chi connectivity index (χ0n) is 13.9. The fraction of sp³-hybridized carbons (Fsp3) is 0.333. The first-order valence-corrected chi connectivity index (χ1v) is 9.22. The van der Waals surface area contributed by atoms with Crippen molar-refractivity contribution in [2.24, 2.45) is 0 Å². The van der Waals surface area contributed by atoms with E-state index >= 15 is 0 Å². The second kappa shape index (κ2) is 7.73. The molecule has 1 N–H and O–H groups in total. The lowest BCUT2D eigenvalue weighted by Crippen LogP contribution is -2.34. The minimum Gasteiger partial charge on any atom is -0.301 e. The van der Waals surface area contributed by atoms with Crippen molar-refractivity contribution >= 4 is 10.0 Å². The van der Waals surface area contributed by atoms with E-state index in [2.05, 4.69) is 4.72 Å². The molecule has 2 aromatic carbocycles. The van der Waals surface area contributed by atoms with Crippen LogP contribution < -0.4 is 4.72 Å². The van der Waals surface area contributed by atoms with Crippen LogP contribution in [0.3, 0.4) is 0 Å². The number of nitrogens with one attached hydrogen (secondary N) is 1. The van der Waals surface area contributed by atoms with Crippen LogP contribution in [0.25, 0.3) is 0 Å². The van der Waals surface area contributed by atoms with Crippen molar-refractivity contribution in [1.82, 2.24) is 9.62 Å². The maximum Gasteiger partial charge on any atom is 0.240 e. The number of likely N-dealkylation sites (N-methyl/N-ethyl adjacent to an activating group) is 1. The van der Waals surface area contributed by atoms with Crippen LogP contribution >= 0.6 is 0 Å². The molecule has 0 fully saturated rings. The van der Waals surface area contributed by atoms with E-state index in [1.54, 1.807) is 12.1 Å². The summed E-state index contributed by atoms with van der Waals surface area (Å²) < 4.78 is 27.6. The average Bonchev–Trinajstić information content (AvgIpc) is 2.55. The van der Waals surface area contributed by atoms with E-state index in [4.69, 9.17) is 0 Å². The van der Waals surface area contributed by atoms with Gasteiger partial charge in [-0.15, -0.1) is 0 Å². The van der Waals surface area contributed by atoms with Gasteiger partial charge in [-0.2, -0.15) is 0 Å². The Balaban J connectivity index is 2.12. The van der Waals surface area contributed by atoms with Crippen LogP contribution in [0.2, 0.25) is 0 Å².